The normalized spacial score (nSPS) is 11.7. The lowest BCUT2D eigenvalue weighted by atomic mass is 10.0. The van der Waals surface area contributed by atoms with Gasteiger partial charge in [-0.1, -0.05) is 41.9 Å². The Morgan fingerprint density at radius 1 is 0.939 bits per heavy atom. The fourth-order valence-corrected chi connectivity index (χ4v) is 3.78. The zero-order valence-corrected chi connectivity index (χ0v) is 18.2. The number of rotatable bonds is 7. The van der Waals surface area contributed by atoms with Gasteiger partial charge in [-0.25, -0.2) is 0 Å². The third-order valence-electron chi connectivity index (χ3n) is 5.28. The van der Waals surface area contributed by atoms with Gasteiger partial charge < -0.3 is 21.4 Å². The number of amides is 3. The summed E-state index contributed by atoms with van der Waals surface area (Å²) in [4.78, 5) is 40.6. The second kappa shape index (κ2) is 9.58. The van der Waals surface area contributed by atoms with Crippen LogP contribution in [0.4, 0.5) is 5.69 Å². The van der Waals surface area contributed by atoms with Crippen LogP contribution >= 0.6 is 11.6 Å². The van der Waals surface area contributed by atoms with E-state index >= 15 is 0 Å². The van der Waals surface area contributed by atoms with Gasteiger partial charge in [-0.3, -0.25) is 14.4 Å². The van der Waals surface area contributed by atoms with Gasteiger partial charge in [-0.15, -0.1) is 0 Å². The summed E-state index contributed by atoms with van der Waals surface area (Å²) in [6, 6.07) is 19.7. The maximum Gasteiger partial charge on any atom is 0.253 e. The molecule has 7 nitrogen and oxygen atoms in total. The molecular weight excluding hydrogens is 440 g/mol. The smallest absolute Gasteiger partial charge is 0.253 e. The van der Waals surface area contributed by atoms with Crippen LogP contribution in [0.2, 0.25) is 5.02 Å². The van der Waals surface area contributed by atoms with E-state index in [4.69, 9.17) is 17.3 Å². The Bertz CT molecular complexity index is 1330. The first-order valence-electron chi connectivity index (χ1n) is 10.2. The van der Waals surface area contributed by atoms with Crippen LogP contribution in [-0.2, 0) is 11.2 Å². The van der Waals surface area contributed by atoms with Crippen molar-refractivity contribution in [1.29, 1.82) is 0 Å². The Hall–Kier alpha value is -4.10. The second-order valence-corrected chi connectivity index (χ2v) is 7.91. The summed E-state index contributed by atoms with van der Waals surface area (Å²) in [6.07, 6.45) is 2.08. The van der Waals surface area contributed by atoms with Crippen molar-refractivity contribution >= 4 is 45.9 Å². The van der Waals surface area contributed by atoms with E-state index in [0.717, 1.165) is 16.5 Å². The number of aromatic nitrogens is 1. The van der Waals surface area contributed by atoms with E-state index in [1.807, 2.05) is 30.5 Å². The summed E-state index contributed by atoms with van der Waals surface area (Å²) in [5.41, 5.74) is 8.17. The Morgan fingerprint density at radius 2 is 1.64 bits per heavy atom. The summed E-state index contributed by atoms with van der Waals surface area (Å²) in [5.74, 6) is -1.42. The minimum Gasteiger partial charge on any atom is -0.366 e. The highest BCUT2D eigenvalue weighted by Crippen LogP contribution is 2.21. The second-order valence-electron chi connectivity index (χ2n) is 7.50. The van der Waals surface area contributed by atoms with Crippen LogP contribution in [0.3, 0.4) is 0 Å². The lowest BCUT2D eigenvalue weighted by Gasteiger charge is -2.19. The van der Waals surface area contributed by atoms with E-state index in [-0.39, 0.29) is 12.0 Å². The molecule has 8 heteroatoms. The van der Waals surface area contributed by atoms with Crippen LogP contribution in [0.15, 0.2) is 79.0 Å². The highest BCUT2D eigenvalue weighted by molar-refractivity contribution is 6.33. The maximum atomic E-state index is 13.2. The summed E-state index contributed by atoms with van der Waals surface area (Å²) in [5, 5.41) is 6.86. The molecular formula is C25H21ClN4O3. The average molecular weight is 461 g/mol. The highest BCUT2D eigenvalue weighted by Gasteiger charge is 2.24. The predicted octanol–water partition coefficient (Wildman–Crippen LogP) is 3.90. The Morgan fingerprint density at radius 3 is 2.36 bits per heavy atom. The number of H-pyrrole nitrogens is 1. The molecule has 33 heavy (non-hydrogen) atoms. The number of aromatic amines is 1. The van der Waals surface area contributed by atoms with Crippen molar-refractivity contribution in [3.63, 3.8) is 0 Å². The third-order valence-corrected chi connectivity index (χ3v) is 5.61. The van der Waals surface area contributed by atoms with Crippen molar-refractivity contribution in [2.45, 2.75) is 12.5 Å². The number of benzene rings is 3. The van der Waals surface area contributed by atoms with Crippen molar-refractivity contribution in [3.8, 4) is 0 Å². The molecule has 0 aliphatic heterocycles. The number of nitrogens with one attached hydrogen (secondary N) is 3. The Labute approximate surface area is 194 Å². The van der Waals surface area contributed by atoms with Crippen molar-refractivity contribution in [1.82, 2.24) is 10.3 Å². The van der Waals surface area contributed by atoms with E-state index < -0.39 is 23.8 Å². The molecule has 0 aliphatic rings. The average Bonchev–Trinajstić information content (AvgIpc) is 3.22. The number of carbonyl (C=O) groups is 3. The summed E-state index contributed by atoms with van der Waals surface area (Å²) < 4.78 is 0. The molecule has 166 valence electrons. The zero-order valence-electron chi connectivity index (χ0n) is 17.5. The molecule has 0 fully saturated rings. The molecule has 0 radical (unpaired) electrons. The molecule has 3 aromatic carbocycles. The lowest BCUT2D eigenvalue weighted by molar-refractivity contribution is -0.118. The van der Waals surface area contributed by atoms with Gasteiger partial charge >= 0.3 is 0 Å². The first-order chi connectivity index (χ1) is 15.9. The van der Waals surface area contributed by atoms with Gasteiger partial charge in [-0.05, 0) is 48.0 Å². The molecule has 3 amide bonds. The molecule has 1 heterocycles. The fourth-order valence-electron chi connectivity index (χ4n) is 3.56. The number of halogens is 1. The van der Waals surface area contributed by atoms with E-state index in [1.165, 1.54) is 12.1 Å². The van der Waals surface area contributed by atoms with E-state index in [2.05, 4.69) is 15.6 Å². The number of nitrogens with two attached hydrogens (primary N) is 1. The van der Waals surface area contributed by atoms with Gasteiger partial charge in [0.05, 0.1) is 10.6 Å². The number of para-hydroxylation sites is 1. The quantitative estimate of drug-likeness (QED) is 0.335. The number of hydrogen-bond donors (Lipinski definition) is 4. The maximum absolute atomic E-state index is 13.2. The number of fused-ring (bicyclic) bond motifs is 1. The van der Waals surface area contributed by atoms with Gasteiger partial charge in [0.15, 0.2) is 0 Å². The number of carbonyl (C=O) groups excluding carboxylic acids is 3. The predicted molar refractivity (Wildman–Crippen MR) is 128 cm³/mol. The molecule has 0 spiro atoms. The molecule has 5 N–H and O–H groups in total. The molecule has 0 aliphatic carbocycles. The first kappa shape index (κ1) is 22.1. The summed E-state index contributed by atoms with van der Waals surface area (Å²) >= 11 is 6.17. The van der Waals surface area contributed by atoms with Gasteiger partial charge in [0, 0.05) is 34.8 Å². The van der Waals surface area contributed by atoms with Crippen molar-refractivity contribution in [2.24, 2.45) is 5.73 Å². The molecule has 0 saturated carbocycles. The number of anilines is 1. The van der Waals surface area contributed by atoms with Crippen LogP contribution in [0.5, 0.6) is 0 Å². The fraction of sp³-hybridized carbons (Fsp3) is 0.0800. The van der Waals surface area contributed by atoms with Crippen LogP contribution in [0, 0.1) is 0 Å². The molecule has 4 aromatic rings. The molecule has 0 saturated heterocycles. The number of hydrogen-bond acceptors (Lipinski definition) is 3. The van der Waals surface area contributed by atoms with Crippen LogP contribution in [0.25, 0.3) is 10.9 Å². The molecule has 0 bridgehead atoms. The minimum absolute atomic E-state index is 0.255. The van der Waals surface area contributed by atoms with Crippen molar-refractivity contribution in [3.05, 3.63) is 101 Å². The molecule has 1 atom stereocenters. The Balaban J connectivity index is 1.59. The van der Waals surface area contributed by atoms with E-state index in [9.17, 15) is 14.4 Å². The van der Waals surface area contributed by atoms with Crippen molar-refractivity contribution < 1.29 is 14.4 Å². The van der Waals surface area contributed by atoms with Crippen molar-refractivity contribution in [2.75, 3.05) is 5.32 Å². The highest BCUT2D eigenvalue weighted by atomic mass is 35.5. The standard InChI is InChI=1S/C25H21ClN4O3/c26-20-7-3-1-6-19(20)24(32)30-22(13-16-14-28-21-8-4-2-5-18(16)21)25(33)29-17-11-9-15(10-12-17)23(27)31/h1-12,14,22,28H,13H2,(H2,27,31)(H,29,33)(H,30,32)/t22-/m1/s1. The van der Waals surface area contributed by atoms with Gasteiger partial charge in [0.1, 0.15) is 6.04 Å². The number of primary amides is 1. The van der Waals surface area contributed by atoms with E-state index in [0.29, 0.717) is 16.3 Å². The summed E-state index contributed by atoms with van der Waals surface area (Å²) in [7, 11) is 0. The molecule has 4 rings (SSSR count). The zero-order chi connectivity index (χ0) is 23.4. The van der Waals surface area contributed by atoms with Gasteiger partial charge in [0.2, 0.25) is 11.8 Å². The molecule has 1 aromatic heterocycles. The van der Waals surface area contributed by atoms with Crippen LogP contribution < -0.4 is 16.4 Å². The monoisotopic (exact) mass is 460 g/mol. The third kappa shape index (κ3) is 5.05. The largest absolute Gasteiger partial charge is 0.366 e. The van der Waals surface area contributed by atoms with Gasteiger partial charge in [-0.2, -0.15) is 0 Å². The topological polar surface area (TPSA) is 117 Å². The minimum atomic E-state index is -0.885. The molecule has 0 unspecified atom stereocenters. The van der Waals surface area contributed by atoms with Crippen LogP contribution in [0.1, 0.15) is 26.3 Å². The SMILES string of the molecule is NC(=O)c1ccc(NC(=O)[C@@H](Cc2c[nH]c3ccccc23)NC(=O)c2ccccc2Cl)cc1. The lowest BCUT2D eigenvalue weighted by Crippen LogP contribution is -2.45. The first-order valence-corrected chi connectivity index (χ1v) is 10.6. The summed E-state index contributed by atoms with van der Waals surface area (Å²) in [6.45, 7) is 0. The van der Waals surface area contributed by atoms with E-state index in [1.54, 1.807) is 36.4 Å². The van der Waals surface area contributed by atoms with Gasteiger partial charge in [0.25, 0.3) is 5.91 Å². The Kier molecular flexibility index (Phi) is 6.42. The van der Waals surface area contributed by atoms with Crippen LogP contribution in [-0.4, -0.2) is 28.7 Å².